The molecule has 0 spiro atoms. The van der Waals surface area contributed by atoms with Crippen molar-refractivity contribution in [3.63, 3.8) is 0 Å². The predicted molar refractivity (Wildman–Crippen MR) is 86.7 cm³/mol. The van der Waals surface area contributed by atoms with Gasteiger partial charge < -0.3 is 10.4 Å². The first kappa shape index (κ1) is 14.9. The Morgan fingerprint density at radius 3 is 2.32 bits per heavy atom. The number of hydrogen-bond acceptors (Lipinski definition) is 3. The lowest BCUT2D eigenvalue weighted by molar-refractivity contribution is 0.0805. The number of rotatable bonds is 4. The average Bonchev–Trinajstić information content (AvgIpc) is 2.56. The molecule has 1 aliphatic heterocycles. The van der Waals surface area contributed by atoms with E-state index >= 15 is 0 Å². The third kappa shape index (κ3) is 3.62. The van der Waals surface area contributed by atoms with Crippen LogP contribution in [0.5, 0.6) is 0 Å². The second kappa shape index (κ2) is 6.86. The van der Waals surface area contributed by atoms with Crippen molar-refractivity contribution in [1.82, 2.24) is 5.32 Å². The minimum Gasteiger partial charge on any atom is -0.393 e. The van der Waals surface area contributed by atoms with Gasteiger partial charge in [-0.15, -0.1) is 0 Å². The first-order valence-electron chi connectivity index (χ1n) is 7.79. The molecule has 22 heavy (non-hydrogen) atoms. The van der Waals surface area contributed by atoms with Crippen LogP contribution in [0.2, 0.25) is 0 Å². The minimum atomic E-state index is -0.361. The Balaban J connectivity index is 1.68. The number of aliphatic hydroxyl groups is 1. The molecule has 2 aromatic carbocycles. The Labute approximate surface area is 131 Å². The van der Waals surface area contributed by atoms with Gasteiger partial charge in [0.15, 0.2) is 5.78 Å². The van der Waals surface area contributed by atoms with Crippen molar-refractivity contribution in [1.29, 1.82) is 0 Å². The van der Waals surface area contributed by atoms with Crippen LogP contribution in [0.15, 0.2) is 60.7 Å². The van der Waals surface area contributed by atoms with Crippen LogP contribution in [-0.2, 0) is 0 Å². The quantitative estimate of drug-likeness (QED) is 0.852. The summed E-state index contributed by atoms with van der Waals surface area (Å²) in [7, 11) is 0. The van der Waals surface area contributed by atoms with E-state index in [1.165, 1.54) is 5.56 Å². The van der Waals surface area contributed by atoms with Gasteiger partial charge in [-0.2, -0.15) is 0 Å². The molecule has 3 rings (SSSR count). The third-order valence-corrected chi connectivity index (χ3v) is 4.23. The predicted octanol–water partition coefficient (Wildman–Crippen LogP) is 3.11. The molecule has 0 radical (unpaired) electrons. The van der Waals surface area contributed by atoms with Gasteiger partial charge in [0.1, 0.15) is 0 Å². The molecule has 3 nitrogen and oxygen atoms in total. The summed E-state index contributed by atoms with van der Waals surface area (Å²) in [6.07, 6.45) is 1.38. The summed E-state index contributed by atoms with van der Waals surface area (Å²) in [6, 6.07) is 19.6. The van der Waals surface area contributed by atoms with Gasteiger partial charge in [-0.25, -0.2) is 0 Å². The molecule has 0 saturated carbocycles. The molecule has 0 aromatic heterocycles. The zero-order chi connectivity index (χ0) is 15.4. The van der Waals surface area contributed by atoms with Gasteiger partial charge in [0.25, 0.3) is 0 Å². The van der Waals surface area contributed by atoms with Gasteiger partial charge in [-0.3, -0.25) is 4.79 Å². The number of carbonyl (C=O) groups excluding carboxylic acids is 1. The largest absolute Gasteiger partial charge is 0.393 e. The van der Waals surface area contributed by atoms with E-state index in [0.29, 0.717) is 19.3 Å². The highest BCUT2D eigenvalue weighted by Crippen LogP contribution is 2.27. The van der Waals surface area contributed by atoms with Crippen molar-refractivity contribution in [2.24, 2.45) is 0 Å². The summed E-state index contributed by atoms with van der Waals surface area (Å²) < 4.78 is 0. The number of hydrogen-bond donors (Lipinski definition) is 2. The first-order chi connectivity index (χ1) is 10.7. The fraction of sp³-hybridized carbons (Fsp3) is 0.316. The van der Waals surface area contributed by atoms with E-state index in [0.717, 1.165) is 5.56 Å². The van der Waals surface area contributed by atoms with E-state index in [2.05, 4.69) is 17.4 Å². The molecule has 3 heteroatoms. The Morgan fingerprint density at radius 1 is 1.00 bits per heavy atom. The van der Waals surface area contributed by atoms with E-state index in [1.807, 2.05) is 48.5 Å². The Morgan fingerprint density at radius 2 is 1.64 bits per heavy atom. The molecule has 1 saturated heterocycles. The molecule has 2 N–H and O–H groups in total. The van der Waals surface area contributed by atoms with Crippen LogP contribution >= 0.6 is 0 Å². The summed E-state index contributed by atoms with van der Waals surface area (Å²) in [5.74, 6) is 0.124. The standard InChI is InChI=1S/C19H21NO2/c21-17-11-16(12-19(22)15-9-5-2-6-10-15)20-18(13-17)14-7-3-1-4-8-14/h1-10,16-18,20-21H,11-13H2/t16-,17+,18+/m1/s1. The minimum absolute atomic E-state index is 0.0154. The summed E-state index contributed by atoms with van der Waals surface area (Å²) in [6.45, 7) is 0. The summed E-state index contributed by atoms with van der Waals surface area (Å²) in [5.41, 5.74) is 1.90. The van der Waals surface area contributed by atoms with Gasteiger partial charge in [-0.05, 0) is 18.4 Å². The van der Waals surface area contributed by atoms with Crippen molar-refractivity contribution >= 4 is 5.78 Å². The van der Waals surface area contributed by atoms with Crippen LogP contribution in [0.3, 0.4) is 0 Å². The highest BCUT2D eigenvalue weighted by atomic mass is 16.3. The van der Waals surface area contributed by atoms with Gasteiger partial charge in [0.2, 0.25) is 0 Å². The van der Waals surface area contributed by atoms with Crippen molar-refractivity contribution < 1.29 is 9.90 Å². The Hall–Kier alpha value is -1.97. The van der Waals surface area contributed by atoms with Gasteiger partial charge >= 0.3 is 0 Å². The van der Waals surface area contributed by atoms with E-state index in [4.69, 9.17) is 0 Å². The number of ketones is 1. The molecule has 0 amide bonds. The van der Waals surface area contributed by atoms with Crippen molar-refractivity contribution in [2.75, 3.05) is 0 Å². The average molecular weight is 295 g/mol. The normalized spacial score (nSPS) is 24.9. The molecule has 1 fully saturated rings. The molecular weight excluding hydrogens is 274 g/mol. The lowest BCUT2D eigenvalue weighted by atomic mass is 9.88. The number of benzene rings is 2. The molecule has 2 aromatic rings. The van der Waals surface area contributed by atoms with E-state index in [1.54, 1.807) is 0 Å². The maximum absolute atomic E-state index is 12.3. The SMILES string of the molecule is O=C(C[C@H]1C[C@H](O)C[C@@H](c2ccccc2)N1)c1ccccc1. The molecule has 114 valence electrons. The highest BCUT2D eigenvalue weighted by molar-refractivity contribution is 5.96. The number of nitrogens with one attached hydrogen (secondary N) is 1. The molecule has 1 heterocycles. The van der Waals surface area contributed by atoms with Crippen LogP contribution in [-0.4, -0.2) is 23.0 Å². The Kier molecular flexibility index (Phi) is 4.66. The van der Waals surface area contributed by atoms with Crippen molar-refractivity contribution in [3.8, 4) is 0 Å². The van der Waals surface area contributed by atoms with E-state index in [-0.39, 0.29) is 24.0 Å². The van der Waals surface area contributed by atoms with Crippen LogP contribution in [0.25, 0.3) is 0 Å². The topological polar surface area (TPSA) is 49.3 Å². The van der Waals surface area contributed by atoms with Crippen molar-refractivity contribution in [2.45, 2.75) is 37.5 Å². The Bertz CT molecular complexity index is 612. The van der Waals surface area contributed by atoms with E-state index in [9.17, 15) is 9.90 Å². The fourth-order valence-electron chi connectivity index (χ4n) is 3.14. The number of aliphatic hydroxyl groups excluding tert-OH is 1. The summed E-state index contributed by atoms with van der Waals surface area (Å²) in [4.78, 5) is 12.3. The summed E-state index contributed by atoms with van der Waals surface area (Å²) >= 11 is 0. The number of carbonyl (C=O) groups is 1. The second-order valence-electron chi connectivity index (χ2n) is 5.95. The van der Waals surface area contributed by atoms with Crippen LogP contribution < -0.4 is 5.32 Å². The maximum atomic E-state index is 12.3. The molecule has 1 aliphatic rings. The molecular formula is C19H21NO2. The number of piperidine rings is 1. The molecule has 0 unspecified atom stereocenters. The number of Topliss-reactive ketones (excluding diaryl/α,β-unsaturated/α-hetero) is 1. The third-order valence-electron chi connectivity index (χ3n) is 4.23. The summed E-state index contributed by atoms with van der Waals surface area (Å²) in [5, 5.41) is 13.7. The zero-order valence-corrected chi connectivity index (χ0v) is 12.5. The fourth-order valence-corrected chi connectivity index (χ4v) is 3.14. The van der Waals surface area contributed by atoms with Gasteiger partial charge in [0, 0.05) is 24.1 Å². The van der Waals surface area contributed by atoms with Gasteiger partial charge in [0.05, 0.1) is 6.10 Å². The van der Waals surface area contributed by atoms with E-state index < -0.39 is 0 Å². The maximum Gasteiger partial charge on any atom is 0.164 e. The smallest absolute Gasteiger partial charge is 0.164 e. The molecule has 3 atom stereocenters. The highest BCUT2D eigenvalue weighted by Gasteiger charge is 2.29. The lowest BCUT2D eigenvalue weighted by Crippen LogP contribution is -2.43. The van der Waals surface area contributed by atoms with Crippen LogP contribution in [0, 0.1) is 0 Å². The molecule has 0 bridgehead atoms. The van der Waals surface area contributed by atoms with Gasteiger partial charge in [-0.1, -0.05) is 60.7 Å². The van der Waals surface area contributed by atoms with Crippen LogP contribution in [0.4, 0.5) is 0 Å². The monoisotopic (exact) mass is 295 g/mol. The zero-order valence-electron chi connectivity index (χ0n) is 12.5. The second-order valence-corrected chi connectivity index (χ2v) is 5.95. The molecule has 0 aliphatic carbocycles. The first-order valence-corrected chi connectivity index (χ1v) is 7.79. The lowest BCUT2D eigenvalue weighted by Gasteiger charge is -2.34. The van der Waals surface area contributed by atoms with Crippen molar-refractivity contribution in [3.05, 3.63) is 71.8 Å². The van der Waals surface area contributed by atoms with Crippen LogP contribution in [0.1, 0.15) is 41.2 Å².